The molecule has 8 heteroatoms. The fourth-order valence-corrected chi connectivity index (χ4v) is 3.76. The van der Waals surface area contributed by atoms with Crippen LogP contribution in [0.4, 0.5) is 13.2 Å². The highest BCUT2D eigenvalue weighted by Gasteiger charge is 2.23. The molecule has 170 valence electrons. The van der Waals surface area contributed by atoms with Crippen molar-refractivity contribution in [3.05, 3.63) is 101 Å². The van der Waals surface area contributed by atoms with Crippen LogP contribution in [0.3, 0.4) is 0 Å². The number of rotatable bonds is 8. The topological polar surface area (TPSA) is 63.8 Å². The minimum atomic E-state index is -0.976. The number of hydrogen-bond donors (Lipinski definition) is 1. The molecule has 0 spiro atoms. The van der Waals surface area contributed by atoms with E-state index in [1.165, 1.54) is 24.3 Å². The maximum Gasteiger partial charge on any atom is 0.182 e. The van der Waals surface area contributed by atoms with E-state index in [1.807, 2.05) is 0 Å². The van der Waals surface area contributed by atoms with Gasteiger partial charge >= 0.3 is 0 Å². The summed E-state index contributed by atoms with van der Waals surface area (Å²) >= 11 is 0. The molecule has 0 unspecified atom stereocenters. The van der Waals surface area contributed by atoms with E-state index in [9.17, 15) is 23.1 Å². The minimum absolute atomic E-state index is 0.00362. The van der Waals surface area contributed by atoms with Gasteiger partial charge in [0.2, 0.25) is 0 Å². The predicted molar refractivity (Wildman–Crippen MR) is 116 cm³/mol. The van der Waals surface area contributed by atoms with Crippen LogP contribution < -0.4 is 4.74 Å². The number of nitrogens with zero attached hydrogens (tertiary/aromatic N) is 2. The highest BCUT2D eigenvalue weighted by atomic mass is 19.2. The maximum absolute atomic E-state index is 13.9. The number of imidazole rings is 1. The Kier molecular flexibility index (Phi) is 6.46. The van der Waals surface area contributed by atoms with Gasteiger partial charge in [-0.1, -0.05) is 24.3 Å². The van der Waals surface area contributed by atoms with Gasteiger partial charge in [-0.05, 0) is 42.8 Å². The van der Waals surface area contributed by atoms with E-state index in [0.29, 0.717) is 28.3 Å². The molecule has 0 radical (unpaired) electrons. The van der Waals surface area contributed by atoms with Gasteiger partial charge in [0.1, 0.15) is 18.1 Å². The lowest BCUT2D eigenvalue weighted by molar-refractivity contribution is 0.0953. The Hall–Kier alpha value is -3.65. The van der Waals surface area contributed by atoms with Crippen molar-refractivity contribution in [2.24, 2.45) is 0 Å². The summed E-state index contributed by atoms with van der Waals surface area (Å²) in [5, 5.41) is 9.80. The van der Waals surface area contributed by atoms with Gasteiger partial charge in [-0.3, -0.25) is 9.20 Å². The Bertz CT molecular complexity index is 1300. The predicted octanol–water partition coefficient (Wildman–Crippen LogP) is 4.99. The highest BCUT2D eigenvalue weighted by molar-refractivity contribution is 5.97. The Morgan fingerprint density at radius 1 is 1.09 bits per heavy atom. The van der Waals surface area contributed by atoms with Crippen molar-refractivity contribution in [3.63, 3.8) is 0 Å². The maximum atomic E-state index is 13.9. The van der Waals surface area contributed by atoms with Crippen molar-refractivity contribution in [2.45, 2.75) is 25.9 Å². The van der Waals surface area contributed by atoms with E-state index in [1.54, 1.807) is 41.8 Å². The van der Waals surface area contributed by atoms with Crippen molar-refractivity contribution in [2.75, 3.05) is 6.61 Å². The van der Waals surface area contributed by atoms with Crippen LogP contribution in [0.2, 0.25) is 0 Å². The van der Waals surface area contributed by atoms with E-state index >= 15 is 0 Å². The molecule has 1 N–H and O–H groups in total. The molecule has 4 rings (SSSR count). The molecule has 5 nitrogen and oxygen atoms in total. The summed E-state index contributed by atoms with van der Waals surface area (Å²) < 4.78 is 47.9. The molecule has 0 aliphatic carbocycles. The lowest BCUT2D eigenvalue weighted by Gasteiger charge is -2.14. The number of aryl methyl sites for hydroxylation is 1. The monoisotopic (exact) mass is 454 g/mol. The van der Waals surface area contributed by atoms with Gasteiger partial charge in [0.25, 0.3) is 0 Å². The number of carbonyl (C=O) groups excluding carboxylic acids is 1. The van der Waals surface area contributed by atoms with Crippen molar-refractivity contribution in [1.82, 2.24) is 9.38 Å². The van der Waals surface area contributed by atoms with Gasteiger partial charge in [0, 0.05) is 24.1 Å². The Morgan fingerprint density at radius 2 is 1.85 bits per heavy atom. The molecule has 0 aliphatic rings. The number of carbonyl (C=O) groups is 1. The zero-order valence-corrected chi connectivity index (χ0v) is 17.8. The molecule has 4 aromatic rings. The Labute approximate surface area is 188 Å². The molecule has 33 heavy (non-hydrogen) atoms. The molecule has 0 saturated carbocycles. The Morgan fingerprint density at radius 3 is 2.58 bits per heavy atom. The molecular formula is C25H21F3N2O3. The zero-order chi connectivity index (χ0) is 23.5. The lowest BCUT2D eigenvalue weighted by Crippen LogP contribution is -2.14. The first kappa shape index (κ1) is 22.5. The average Bonchev–Trinajstić information content (AvgIpc) is 3.15. The number of pyridine rings is 1. The number of aliphatic hydroxyl groups is 1. The van der Waals surface area contributed by atoms with Crippen molar-refractivity contribution in [1.29, 1.82) is 0 Å². The summed E-state index contributed by atoms with van der Waals surface area (Å²) in [5.41, 5.74) is 1.86. The first-order valence-electron chi connectivity index (χ1n) is 10.3. The number of benzene rings is 2. The lowest BCUT2D eigenvalue weighted by atomic mass is 9.93. The third-order valence-corrected chi connectivity index (χ3v) is 5.46. The molecule has 2 aromatic carbocycles. The molecule has 0 fully saturated rings. The molecule has 2 heterocycles. The van der Waals surface area contributed by atoms with E-state index in [-0.39, 0.29) is 31.0 Å². The smallest absolute Gasteiger partial charge is 0.182 e. The van der Waals surface area contributed by atoms with Gasteiger partial charge in [-0.15, -0.1) is 0 Å². The van der Waals surface area contributed by atoms with E-state index < -0.39 is 23.4 Å². The summed E-state index contributed by atoms with van der Waals surface area (Å²) in [6.07, 6.45) is 1.65. The van der Waals surface area contributed by atoms with Crippen LogP contribution in [0.15, 0.2) is 60.8 Å². The van der Waals surface area contributed by atoms with E-state index in [0.717, 1.165) is 6.07 Å². The summed E-state index contributed by atoms with van der Waals surface area (Å²) in [4.78, 5) is 17.6. The second-order valence-corrected chi connectivity index (χ2v) is 7.67. The van der Waals surface area contributed by atoms with Crippen LogP contribution in [0.1, 0.15) is 39.6 Å². The van der Waals surface area contributed by atoms with Crippen molar-refractivity contribution >= 4 is 11.4 Å². The van der Waals surface area contributed by atoms with Gasteiger partial charge in [-0.25, -0.2) is 18.2 Å². The average molecular weight is 454 g/mol. The second-order valence-electron chi connectivity index (χ2n) is 7.67. The van der Waals surface area contributed by atoms with E-state index in [2.05, 4.69) is 4.98 Å². The fourth-order valence-electron chi connectivity index (χ4n) is 3.76. The van der Waals surface area contributed by atoms with E-state index in [4.69, 9.17) is 4.74 Å². The largest absolute Gasteiger partial charge is 0.485 e. The summed E-state index contributed by atoms with van der Waals surface area (Å²) in [5.74, 6) is -2.78. The third kappa shape index (κ3) is 4.61. The molecule has 2 aromatic heterocycles. The molecular weight excluding hydrogens is 433 g/mol. The SMILES string of the molecule is Cc1nc2c(OCc3cccc(F)c3F)cccn2c1C(=O)C[C@@H](CO)c1ccc(F)cc1. The zero-order valence-electron chi connectivity index (χ0n) is 17.8. The summed E-state index contributed by atoms with van der Waals surface area (Å²) in [6.45, 7) is 1.19. The van der Waals surface area contributed by atoms with Crippen LogP contribution in [0.25, 0.3) is 5.65 Å². The van der Waals surface area contributed by atoms with Gasteiger partial charge in [0.15, 0.2) is 28.8 Å². The molecule has 0 aliphatic heterocycles. The summed E-state index contributed by atoms with van der Waals surface area (Å²) in [7, 11) is 0. The van der Waals surface area contributed by atoms with Crippen LogP contribution >= 0.6 is 0 Å². The number of fused-ring (bicyclic) bond motifs is 1. The van der Waals surface area contributed by atoms with Crippen LogP contribution in [-0.4, -0.2) is 26.9 Å². The quantitative estimate of drug-likeness (QED) is 0.381. The van der Waals surface area contributed by atoms with Crippen LogP contribution in [-0.2, 0) is 6.61 Å². The number of halogens is 3. The van der Waals surface area contributed by atoms with Gasteiger partial charge in [-0.2, -0.15) is 0 Å². The van der Waals surface area contributed by atoms with Crippen molar-refractivity contribution < 1.29 is 27.8 Å². The molecule has 0 saturated heterocycles. The first-order valence-corrected chi connectivity index (χ1v) is 10.3. The van der Waals surface area contributed by atoms with Crippen LogP contribution in [0.5, 0.6) is 5.75 Å². The minimum Gasteiger partial charge on any atom is -0.485 e. The summed E-state index contributed by atoms with van der Waals surface area (Å²) in [6, 6.07) is 12.8. The highest BCUT2D eigenvalue weighted by Crippen LogP contribution is 2.27. The number of aliphatic hydroxyl groups excluding tert-OH is 1. The standard InChI is InChI=1S/C25H21F3N2O3/c1-15-24(21(32)12-18(13-31)16-7-9-19(26)10-8-16)30-11-3-6-22(25(30)29-15)33-14-17-4-2-5-20(27)23(17)28/h2-11,18,31H,12-14H2,1H3/t18-/m0/s1. The number of hydrogen-bond acceptors (Lipinski definition) is 4. The first-order chi connectivity index (χ1) is 15.9. The van der Waals surface area contributed by atoms with Gasteiger partial charge < -0.3 is 9.84 Å². The van der Waals surface area contributed by atoms with Crippen molar-refractivity contribution in [3.8, 4) is 5.75 Å². The Balaban J connectivity index is 1.60. The molecule has 1 atom stereocenters. The second kappa shape index (κ2) is 9.46. The van der Waals surface area contributed by atoms with Crippen LogP contribution in [0, 0.1) is 24.4 Å². The number of aromatic nitrogens is 2. The third-order valence-electron chi connectivity index (χ3n) is 5.46. The number of ether oxygens (including phenoxy) is 1. The van der Waals surface area contributed by atoms with Gasteiger partial charge in [0.05, 0.1) is 12.3 Å². The normalized spacial score (nSPS) is 12.2. The number of ketones is 1. The molecule has 0 amide bonds. The fraction of sp³-hybridized carbons (Fsp3) is 0.200. The molecule has 0 bridgehead atoms. The number of Topliss-reactive ketones (excluding diaryl/α,β-unsaturated/α-hetero) is 1.